The van der Waals surface area contributed by atoms with Crippen LogP contribution in [0.3, 0.4) is 0 Å². The van der Waals surface area contributed by atoms with E-state index in [1.54, 1.807) is 6.08 Å². The molecule has 0 amide bonds. The number of carbonyl (C=O) groups excluding carboxylic acids is 1. The van der Waals surface area contributed by atoms with E-state index in [0.29, 0.717) is 6.61 Å². The maximum absolute atomic E-state index is 11.4. The van der Waals surface area contributed by atoms with Gasteiger partial charge in [-0.05, 0) is 5.41 Å². The molecule has 0 heterocycles. The van der Waals surface area contributed by atoms with E-state index in [4.69, 9.17) is 10.1 Å². The lowest BCUT2D eigenvalue weighted by molar-refractivity contribution is -0.143. The average molecular weight is 211 g/mol. The fourth-order valence-electron chi connectivity index (χ4n) is 1.93. The van der Waals surface area contributed by atoms with Gasteiger partial charge in [-0.2, -0.15) is 0 Å². The van der Waals surface area contributed by atoms with Crippen LogP contribution in [-0.2, 0) is 14.3 Å². The molecule has 0 saturated heterocycles. The maximum atomic E-state index is 11.4. The van der Waals surface area contributed by atoms with E-state index >= 15 is 0 Å². The molecule has 0 aromatic rings. The van der Waals surface area contributed by atoms with Gasteiger partial charge in [-0.3, -0.25) is 10.2 Å². The Kier molecular flexibility index (Phi) is 3.17. The highest BCUT2D eigenvalue weighted by Gasteiger charge is 2.65. The Balaban J connectivity index is 2.61. The molecule has 0 spiro atoms. The zero-order valence-electron chi connectivity index (χ0n) is 9.37. The van der Waals surface area contributed by atoms with E-state index in [0.717, 1.165) is 0 Å². The zero-order chi connectivity index (χ0) is 11.6. The minimum absolute atomic E-state index is 0.148. The van der Waals surface area contributed by atoms with E-state index in [2.05, 4.69) is 11.3 Å². The number of rotatable bonds is 4. The molecule has 1 N–H and O–H groups in total. The Morgan fingerprint density at radius 2 is 2.13 bits per heavy atom. The Bertz CT molecular complexity index is 296. The third kappa shape index (κ3) is 2.03. The van der Waals surface area contributed by atoms with Crippen LogP contribution in [0, 0.1) is 22.7 Å². The molecule has 1 fully saturated rings. The first-order valence-corrected chi connectivity index (χ1v) is 4.86. The van der Waals surface area contributed by atoms with Crippen LogP contribution < -0.4 is 0 Å². The molecule has 0 aliphatic heterocycles. The van der Waals surface area contributed by atoms with Crippen molar-refractivity contribution < 1.29 is 14.3 Å². The van der Waals surface area contributed by atoms with Gasteiger partial charge in [-0.1, -0.05) is 26.5 Å². The van der Waals surface area contributed by atoms with Gasteiger partial charge in [-0.25, -0.2) is 0 Å². The minimum atomic E-state index is -0.267. The highest BCUT2D eigenvalue weighted by atomic mass is 16.5. The summed E-state index contributed by atoms with van der Waals surface area (Å²) in [5.74, 6) is -0.531. The Labute approximate surface area is 89.8 Å². The predicted molar refractivity (Wildman–Crippen MR) is 56.7 cm³/mol. The number of hydrogen-bond acceptors (Lipinski definition) is 4. The van der Waals surface area contributed by atoms with Crippen molar-refractivity contribution in [2.45, 2.75) is 13.8 Å². The molecule has 84 valence electrons. The number of ether oxygens (including phenoxy) is 2. The molecule has 2 unspecified atom stereocenters. The van der Waals surface area contributed by atoms with Crippen LogP contribution in [0.25, 0.3) is 0 Å². The van der Waals surface area contributed by atoms with Crippen molar-refractivity contribution >= 4 is 11.9 Å². The summed E-state index contributed by atoms with van der Waals surface area (Å²) in [7, 11) is 1.36. The standard InChI is InChI=1S/C11H17NO3/c1-5-6-15-9(12)7-8(10(13)14-4)11(7,2)3/h5,7-8,12H,1,6H2,2-4H3. The molecular weight excluding hydrogens is 194 g/mol. The van der Waals surface area contributed by atoms with Crippen molar-refractivity contribution in [3.05, 3.63) is 12.7 Å². The van der Waals surface area contributed by atoms with Gasteiger partial charge in [0.2, 0.25) is 0 Å². The molecule has 4 nitrogen and oxygen atoms in total. The van der Waals surface area contributed by atoms with Gasteiger partial charge < -0.3 is 9.47 Å². The lowest BCUT2D eigenvalue weighted by Gasteiger charge is -2.05. The number of methoxy groups -OCH3 is 1. The predicted octanol–water partition coefficient (Wildman–Crippen LogP) is 1.61. The summed E-state index contributed by atoms with van der Waals surface area (Å²) >= 11 is 0. The lowest BCUT2D eigenvalue weighted by atomic mass is 10.1. The first kappa shape index (κ1) is 11.8. The normalized spacial score (nSPS) is 26.6. The summed E-state index contributed by atoms with van der Waals surface area (Å²) in [5.41, 5.74) is -0.231. The van der Waals surface area contributed by atoms with E-state index in [1.807, 2.05) is 13.8 Å². The van der Waals surface area contributed by atoms with Crippen LogP contribution in [0.5, 0.6) is 0 Å². The topological polar surface area (TPSA) is 59.4 Å². The van der Waals surface area contributed by atoms with Gasteiger partial charge >= 0.3 is 5.97 Å². The monoisotopic (exact) mass is 211 g/mol. The molecule has 1 saturated carbocycles. The Morgan fingerprint density at radius 1 is 1.53 bits per heavy atom. The molecule has 4 heteroatoms. The van der Waals surface area contributed by atoms with Crippen molar-refractivity contribution in [1.29, 1.82) is 5.41 Å². The highest BCUT2D eigenvalue weighted by molar-refractivity contribution is 5.90. The van der Waals surface area contributed by atoms with Gasteiger partial charge in [-0.15, -0.1) is 0 Å². The van der Waals surface area contributed by atoms with Gasteiger partial charge in [0.05, 0.1) is 18.9 Å². The lowest BCUT2D eigenvalue weighted by Crippen LogP contribution is -2.12. The van der Waals surface area contributed by atoms with E-state index in [-0.39, 0.29) is 29.1 Å². The Hall–Kier alpha value is -1.32. The largest absolute Gasteiger partial charge is 0.477 e. The van der Waals surface area contributed by atoms with Gasteiger partial charge in [0.1, 0.15) is 6.61 Å². The summed E-state index contributed by atoms with van der Waals surface area (Å²) in [6.45, 7) is 7.68. The molecule has 2 atom stereocenters. The van der Waals surface area contributed by atoms with Crippen molar-refractivity contribution in [2.75, 3.05) is 13.7 Å². The van der Waals surface area contributed by atoms with Gasteiger partial charge in [0.15, 0.2) is 5.90 Å². The molecule has 0 radical (unpaired) electrons. The number of carbonyl (C=O) groups is 1. The summed E-state index contributed by atoms with van der Waals surface area (Å²) < 4.78 is 9.82. The fraction of sp³-hybridized carbons (Fsp3) is 0.636. The molecule has 1 aliphatic carbocycles. The Morgan fingerprint density at radius 3 is 2.60 bits per heavy atom. The van der Waals surface area contributed by atoms with Crippen molar-refractivity contribution in [3.63, 3.8) is 0 Å². The number of hydrogen-bond donors (Lipinski definition) is 1. The second-order valence-electron chi connectivity index (χ2n) is 4.26. The summed E-state index contributed by atoms with van der Waals surface area (Å²) in [6, 6.07) is 0. The number of nitrogens with one attached hydrogen (secondary N) is 1. The van der Waals surface area contributed by atoms with Gasteiger partial charge in [0.25, 0.3) is 0 Å². The smallest absolute Gasteiger partial charge is 0.310 e. The third-order valence-electron chi connectivity index (χ3n) is 2.92. The number of esters is 1. The zero-order valence-corrected chi connectivity index (χ0v) is 9.37. The van der Waals surface area contributed by atoms with Crippen LogP contribution in [-0.4, -0.2) is 25.6 Å². The van der Waals surface area contributed by atoms with E-state index in [1.165, 1.54) is 7.11 Å². The fourth-order valence-corrected chi connectivity index (χ4v) is 1.93. The van der Waals surface area contributed by atoms with Gasteiger partial charge in [0, 0.05) is 0 Å². The molecule has 1 aliphatic rings. The second kappa shape index (κ2) is 4.04. The van der Waals surface area contributed by atoms with Crippen LogP contribution in [0.4, 0.5) is 0 Å². The van der Waals surface area contributed by atoms with Crippen molar-refractivity contribution in [2.24, 2.45) is 17.3 Å². The quantitative estimate of drug-likeness (QED) is 0.332. The van der Waals surface area contributed by atoms with Crippen molar-refractivity contribution in [1.82, 2.24) is 0 Å². The molecular formula is C11H17NO3. The first-order chi connectivity index (χ1) is 6.96. The van der Waals surface area contributed by atoms with Crippen LogP contribution in [0.15, 0.2) is 12.7 Å². The van der Waals surface area contributed by atoms with E-state index in [9.17, 15) is 4.79 Å². The summed E-state index contributed by atoms with van der Waals surface area (Å²) in [5, 5.41) is 7.69. The summed E-state index contributed by atoms with van der Waals surface area (Å²) in [4.78, 5) is 11.4. The third-order valence-corrected chi connectivity index (χ3v) is 2.92. The SMILES string of the molecule is C=CCOC(=N)C1C(C(=O)OC)C1(C)C. The summed E-state index contributed by atoms with van der Waals surface area (Å²) in [6.07, 6.45) is 1.58. The minimum Gasteiger partial charge on any atom is -0.477 e. The molecule has 0 bridgehead atoms. The van der Waals surface area contributed by atoms with E-state index < -0.39 is 0 Å². The molecule has 15 heavy (non-hydrogen) atoms. The molecule has 0 aromatic heterocycles. The van der Waals surface area contributed by atoms with Crippen molar-refractivity contribution in [3.8, 4) is 0 Å². The average Bonchev–Trinajstić information content (AvgIpc) is 2.77. The molecule has 0 aromatic carbocycles. The van der Waals surface area contributed by atoms with Crippen LogP contribution in [0.2, 0.25) is 0 Å². The first-order valence-electron chi connectivity index (χ1n) is 4.86. The highest BCUT2D eigenvalue weighted by Crippen LogP contribution is 2.59. The molecule has 1 rings (SSSR count). The van der Waals surface area contributed by atoms with Crippen LogP contribution >= 0.6 is 0 Å². The van der Waals surface area contributed by atoms with Crippen LogP contribution in [0.1, 0.15) is 13.8 Å². The second-order valence-corrected chi connectivity index (χ2v) is 4.26. The maximum Gasteiger partial charge on any atom is 0.310 e.